The second-order valence-corrected chi connectivity index (χ2v) is 21.5. The van der Waals surface area contributed by atoms with Crippen molar-refractivity contribution in [3.8, 4) is 0 Å². The van der Waals surface area contributed by atoms with Crippen molar-refractivity contribution in [2.24, 2.45) is 0 Å². The van der Waals surface area contributed by atoms with E-state index in [0.29, 0.717) is 23.9 Å². The van der Waals surface area contributed by atoms with Gasteiger partial charge in [0.15, 0.2) is 0 Å². The van der Waals surface area contributed by atoms with E-state index in [9.17, 15) is 19.0 Å². The minimum atomic E-state index is -4.70. The summed E-state index contributed by atoms with van der Waals surface area (Å²) in [5.74, 6) is -0.578. The molecule has 0 aliphatic heterocycles. The second kappa shape index (κ2) is 49.0. The number of allylic oxidation sites excluding steroid dienone is 11. The number of hydrogen-bond acceptors (Lipinski definition) is 7. The van der Waals surface area contributed by atoms with Crippen molar-refractivity contribution in [2.45, 2.75) is 251 Å². The lowest BCUT2D eigenvalue weighted by Gasteiger charge is -2.30. The third-order valence-electron chi connectivity index (χ3n) is 12.1. The van der Waals surface area contributed by atoms with Crippen molar-refractivity contribution in [2.75, 3.05) is 40.9 Å². The Hall–Kier alpha value is -2.55. The Bertz CT molecular complexity index is 1420. The van der Waals surface area contributed by atoms with Crippen LogP contribution in [0.15, 0.2) is 72.9 Å². The number of amides is 1. The molecule has 3 atom stereocenters. The summed E-state index contributed by atoms with van der Waals surface area (Å²) in [5.41, 5.74) is 0. The molecular weight excluding hydrogens is 880 g/mol. The molecule has 0 saturated heterocycles. The summed E-state index contributed by atoms with van der Waals surface area (Å²) in [7, 11) is 1.16. The SMILES string of the molecule is CC/C=C/C/C=C/C/C=C/CCCCCCC(=O)OC(/C=C/CCCCCCCCCCCC)C(COP(=O)([O-])OCC[N+](C)(C)C)NC(=O)CCCCCCCCC/C=C\C/C=C\CCCCC. The molecule has 0 aromatic heterocycles. The van der Waals surface area contributed by atoms with Gasteiger partial charge in [0.2, 0.25) is 5.91 Å². The van der Waals surface area contributed by atoms with E-state index in [1.54, 1.807) is 0 Å². The van der Waals surface area contributed by atoms with E-state index in [1.807, 2.05) is 33.3 Å². The minimum Gasteiger partial charge on any atom is -0.756 e. The van der Waals surface area contributed by atoms with Gasteiger partial charge < -0.3 is 28.5 Å². The molecule has 0 radical (unpaired) electrons. The Morgan fingerprint density at radius 2 is 0.928 bits per heavy atom. The van der Waals surface area contributed by atoms with Crippen LogP contribution in [-0.4, -0.2) is 69.4 Å². The van der Waals surface area contributed by atoms with Gasteiger partial charge >= 0.3 is 5.97 Å². The molecule has 0 fully saturated rings. The topological polar surface area (TPSA) is 114 Å². The van der Waals surface area contributed by atoms with Gasteiger partial charge in [-0.05, 0) is 96.0 Å². The summed E-state index contributed by atoms with van der Waals surface area (Å²) in [6.45, 7) is 6.67. The number of unbranched alkanes of at least 4 members (excludes halogenated alkanes) is 24. The fourth-order valence-electron chi connectivity index (χ4n) is 7.74. The Kier molecular flexibility index (Phi) is 47.2. The molecule has 3 unspecified atom stereocenters. The highest BCUT2D eigenvalue weighted by Crippen LogP contribution is 2.38. The number of phosphoric ester groups is 1. The molecule has 0 aliphatic rings. The number of ether oxygens (including phenoxy) is 1. The van der Waals surface area contributed by atoms with Gasteiger partial charge in [-0.2, -0.15) is 0 Å². The highest BCUT2D eigenvalue weighted by Gasteiger charge is 2.27. The van der Waals surface area contributed by atoms with Crippen LogP contribution in [0.1, 0.15) is 239 Å². The summed E-state index contributed by atoms with van der Waals surface area (Å²) in [6, 6.07) is -0.903. The largest absolute Gasteiger partial charge is 0.756 e. The smallest absolute Gasteiger partial charge is 0.306 e. The van der Waals surface area contributed by atoms with E-state index < -0.39 is 26.6 Å². The molecule has 0 aromatic carbocycles. The molecule has 0 heterocycles. The lowest BCUT2D eigenvalue weighted by atomic mass is 10.0. The monoisotopic (exact) mass is 987 g/mol. The van der Waals surface area contributed by atoms with E-state index in [-0.39, 0.29) is 24.9 Å². The van der Waals surface area contributed by atoms with Crippen LogP contribution in [0.2, 0.25) is 0 Å². The number of phosphoric acid groups is 1. The lowest BCUT2D eigenvalue weighted by molar-refractivity contribution is -0.870. The maximum Gasteiger partial charge on any atom is 0.306 e. The number of quaternary nitrogens is 1. The number of nitrogens with one attached hydrogen (secondary N) is 1. The fourth-order valence-corrected chi connectivity index (χ4v) is 8.46. The first-order chi connectivity index (χ1) is 33.4. The highest BCUT2D eigenvalue weighted by molar-refractivity contribution is 7.45. The van der Waals surface area contributed by atoms with Crippen molar-refractivity contribution in [1.29, 1.82) is 0 Å². The number of carbonyl (C=O) groups is 2. The predicted molar refractivity (Wildman–Crippen MR) is 293 cm³/mol. The van der Waals surface area contributed by atoms with Crippen molar-refractivity contribution < 1.29 is 37.3 Å². The summed E-state index contributed by atoms with van der Waals surface area (Å²) in [5, 5.41) is 3.01. The fraction of sp³-hybridized carbons (Fsp3) is 0.763. The normalized spacial score (nSPS) is 14.4. The van der Waals surface area contributed by atoms with Crippen LogP contribution < -0.4 is 10.2 Å². The highest BCUT2D eigenvalue weighted by atomic mass is 31.2. The Morgan fingerprint density at radius 3 is 1.42 bits per heavy atom. The van der Waals surface area contributed by atoms with Crippen molar-refractivity contribution in [3.63, 3.8) is 0 Å². The number of hydrogen-bond donors (Lipinski definition) is 1. The molecule has 69 heavy (non-hydrogen) atoms. The molecule has 9 nitrogen and oxygen atoms in total. The van der Waals surface area contributed by atoms with Gasteiger partial charge in [-0.3, -0.25) is 14.2 Å². The lowest BCUT2D eigenvalue weighted by Crippen LogP contribution is -2.47. The molecule has 0 aromatic rings. The Labute approximate surface area is 425 Å². The molecule has 1 N–H and O–H groups in total. The van der Waals surface area contributed by atoms with Crippen LogP contribution >= 0.6 is 7.82 Å². The van der Waals surface area contributed by atoms with Gasteiger partial charge in [-0.15, -0.1) is 0 Å². The first-order valence-electron chi connectivity index (χ1n) is 28.2. The quantitative estimate of drug-likeness (QED) is 0.0212. The summed E-state index contributed by atoms with van der Waals surface area (Å²) >= 11 is 0. The van der Waals surface area contributed by atoms with E-state index in [4.69, 9.17) is 13.8 Å². The molecule has 0 spiro atoms. The summed E-state index contributed by atoms with van der Waals surface area (Å²) < 4.78 is 30.2. The molecule has 10 heteroatoms. The van der Waals surface area contributed by atoms with Gasteiger partial charge in [0.05, 0.1) is 33.8 Å². The molecule has 0 bridgehead atoms. The Balaban J connectivity index is 5.40. The number of likely N-dealkylation sites (N-methyl/N-ethyl adjacent to an activating group) is 1. The van der Waals surface area contributed by atoms with Crippen LogP contribution in [0.3, 0.4) is 0 Å². The van der Waals surface area contributed by atoms with Crippen molar-refractivity contribution >= 4 is 19.7 Å². The number of esters is 1. The minimum absolute atomic E-state index is 0.0303. The van der Waals surface area contributed by atoms with E-state index in [2.05, 4.69) is 86.8 Å². The first kappa shape index (κ1) is 66.5. The van der Waals surface area contributed by atoms with Crippen molar-refractivity contribution in [3.05, 3.63) is 72.9 Å². The number of rotatable bonds is 50. The third kappa shape index (κ3) is 50.2. The van der Waals surface area contributed by atoms with E-state index >= 15 is 0 Å². The summed E-state index contributed by atoms with van der Waals surface area (Å²) in [4.78, 5) is 39.8. The van der Waals surface area contributed by atoms with E-state index in [1.165, 1.54) is 96.3 Å². The zero-order valence-electron chi connectivity index (χ0n) is 45.5. The van der Waals surface area contributed by atoms with Crippen LogP contribution in [0.4, 0.5) is 0 Å². The number of nitrogens with zero attached hydrogens (tertiary/aromatic N) is 1. The van der Waals surface area contributed by atoms with Gasteiger partial charge in [-0.1, -0.05) is 203 Å². The summed E-state index contributed by atoms with van der Waals surface area (Å²) in [6.07, 6.45) is 61.5. The zero-order chi connectivity index (χ0) is 50.8. The average Bonchev–Trinajstić information content (AvgIpc) is 3.31. The van der Waals surface area contributed by atoms with Crippen LogP contribution in [0.25, 0.3) is 0 Å². The average molecular weight is 987 g/mol. The zero-order valence-corrected chi connectivity index (χ0v) is 46.4. The first-order valence-corrected chi connectivity index (χ1v) is 29.7. The standard InChI is InChI=1S/C59H107N2O7P/c1-7-10-13-16-19-22-25-28-30-31-32-33-36-39-42-45-48-51-58(62)60-56(55-67-69(64,65)66-54-53-61(4,5)6)57(50-47-44-41-38-35-27-24-21-18-15-12-9-3)68-59(63)52-49-46-43-40-37-34-29-26-23-20-17-14-11-8-2/h11,14,19-20,22-23,28-30,34,47,50,56-57H,7-10,12-13,15-18,21,24-27,31-33,35-46,48-49,51-55H2,1-6H3,(H-,60,62,64,65)/b14-11+,22-19-,23-20+,30-28-,34-29+,50-47+. The molecule has 400 valence electrons. The van der Waals surface area contributed by atoms with Crippen LogP contribution in [0, 0.1) is 0 Å². The molecule has 1 amide bonds. The predicted octanol–water partition coefficient (Wildman–Crippen LogP) is 16.3. The molecule has 0 rings (SSSR count). The third-order valence-corrected chi connectivity index (χ3v) is 13.1. The second-order valence-electron chi connectivity index (χ2n) is 20.1. The van der Waals surface area contributed by atoms with Gasteiger partial charge in [0.1, 0.15) is 19.3 Å². The van der Waals surface area contributed by atoms with Crippen LogP contribution in [0.5, 0.6) is 0 Å². The van der Waals surface area contributed by atoms with Crippen LogP contribution in [-0.2, 0) is 27.9 Å². The van der Waals surface area contributed by atoms with Gasteiger partial charge in [-0.25, -0.2) is 0 Å². The molecule has 0 saturated carbocycles. The number of carbonyl (C=O) groups excluding carboxylic acids is 2. The van der Waals surface area contributed by atoms with E-state index in [0.717, 1.165) is 103 Å². The van der Waals surface area contributed by atoms with Gasteiger partial charge in [0.25, 0.3) is 7.82 Å². The molecular formula is C59H107N2O7P. The maximum absolute atomic E-state index is 13.5. The molecule has 0 aliphatic carbocycles. The maximum atomic E-state index is 13.5. The van der Waals surface area contributed by atoms with Gasteiger partial charge in [0, 0.05) is 12.8 Å². The Morgan fingerprint density at radius 1 is 0.522 bits per heavy atom. The van der Waals surface area contributed by atoms with Crippen molar-refractivity contribution in [1.82, 2.24) is 5.32 Å².